The van der Waals surface area contributed by atoms with E-state index in [2.05, 4.69) is 0 Å². The lowest BCUT2D eigenvalue weighted by molar-refractivity contribution is 0.0977. The summed E-state index contributed by atoms with van der Waals surface area (Å²) in [7, 11) is 0. The van der Waals surface area contributed by atoms with E-state index in [4.69, 9.17) is 4.74 Å². The van der Waals surface area contributed by atoms with E-state index in [0.717, 1.165) is 16.3 Å². The average molecular weight is 364 g/mol. The Hall–Kier alpha value is -3.72. The summed E-state index contributed by atoms with van der Waals surface area (Å²) in [5.41, 5.74) is 2.56. The van der Waals surface area contributed by atoms with Crippen LogP contribution in [0.5, 0.6) is 11.5 Å². The van der Waals surface area contributed by atoms with Crippen LogP contribution in [0.25, 0.3) is 10.8 Å². The minimum atomic E-state index is -0.176. The molecule has 5 rings (SSSR count). The Kier molecular flexibility index (Phi) is 3.63. The topological polar surface area (TPSA) is 43.4 Å². The quantitative estimate of drug-likeness (QED) is 0.403. The Bertz CT molecular complexity index is 1270. The Labute approximate surface area is 162 Å². The van der Waals surface area contributed by atoms with Gasteiger partial charge in [-0.25, -0.2) is 0 Å². The first-order valence-electron chi connectivity index (χ1n) is 9.12. The van der Waals surface area contributed by atoms with Gasteiger partial charge in [-0.3, -0.25) is 9.59 Å². The maximum absolute atomic E-state index is 13.4. The van der Waals surface area contributed by atoms with Gasteiger partial charge in [0.25, 0.3) is 0 Å². The van der Waals surface area contributed by atoms with Crippen LogP contribution in [0.1, 0.15) is 37.4 Å². The van der Waals surface area contributed by atoms with Crippen molar-refractivity contribution in [2.24, 2.45) is 0 Å². The summed E-state index contributed by atoms with van der Waals surface area (Å²) in [4.78, 5) is 26.6. The van der Waals surface area contributed by atoms with Crippen LogP contribution < -0.4 is 4.74 Å². The van der Waals surface area contributed by atoms with E-state index in [9.17, 15) is 9.59 Å². The van der Waals surface area contributed by atoms with Gasteiger partial charge >= 0.3 is 0 Å². The molecule has 0 atom stereocenters. The number of carbonyl (C=O) groups is 2. The van der Waals surface area contributed by atoms with Crippen LogP contribution in [-0.4, -0.2) is 11.6 Å². The molecular weight excluding hydrogens is 348 g/mol. The van der Waals surface area contributed by atoms with Crippen LogP contribution in [0.2, 0.25) is 0 Å². The van der Waals surface area contributed by atoms with Gasteiger partial charge in [-0.05, 0) is 36.6 Å². The molecule has 0 bridgehead atoms. The van der Waals surface area contributed by atoms with Crippen LogP contribution >= 0.6 is 0 Å². The largest absolute Gasteiger partial charge is 0.456 e. The van der Waals surface area contributed by atoms with E-state index < -0.39 is 0 Å². The fourth-order valence-corrected chi connectivity index (χ4v) is 3.75. The lowest BCUT2D eigenvalue weighted by atomic mass is 9.81. The molecule has 1 aliphatic carbocycles. The number of hydrogen-bond acceptors (Lipinski definition) is 3. The molecule has 0 unspecified atom stereocenters. The zero-order valence-electron chi connectivity index (χ0n) is 15.2. The SMILES string of the molecule is Cc1ccc2c(c1)C(=O)c1c(cc3ccccc3c1Oc1ccccc1)C2=O. The Balaban J connectivity index is 1.83. The highest BCUT2D eigenvalue weighted by molar-refractivity contribution is 6.31. The number of aryl methyl sites for hydroxylation is 1. The molecule has 0 N–H and O–H groups in total. The normalized spacial score (nSPS) is 12.6. The predicted octanol–water partition coefficient (Wildman–Crippen LogP) is 5.72. The molecule has 0 spiro atoms. The smallest absolute Gasteiger partial charge is 0.198 e. The molecule has 3 heteroatoms. The van der Waals surface area contributed by atoms with Gasteiger partial charge in [0.05, 0.1) is 5.56 Å². The van der Waals surface area contributed by atoms with Gasteiger partial charge in [0, 0.05) is 22.1 Å². The first-order chi connectivity index (χ1) is 13.6. The number of hydrogen-bond donors (Lipinski definition) is 0. The van der Waals surface area contributed by atoms with E-state index in [1.54, 1.807) is 18.2 Å². The van der Waals surface area contributed by atoms with E-state index >= 15 is 0 Å². The number of ketones is 2. The number of rotatable bonds is 2. The molecule has 0 aliphatic heterocycles. The molecule has 0 radical (unpaired) electrons. The molecule has 0 amide bonds. The minimum Gasteiger partial charge on any atom is -0.456 e. The third kappa shape index (κ3) is 2.44. The van der Waals surface area contributed by atoms with E-state index in [1.807, 2.05) is 67.6 Å². The fourth-order valence-electron chi connectivity index (χ4n) is 3.75. The highest BCUT2D eigenvalue weighted by Crippen LogP contribution is 2.41. The van der Waals surface area contributed by atoms with Crippen LogP contribution in [0, 0.1) is 6.92 Å². The lowest BCUT2D eigenvalue weighted by Crippen LogP contribution is -2.22. The maximum Gasteiger partial charge on any atom is 0.198 e. The standard InChI is InChI=1S/C25H16O3/c1-15-11-12-19-20(13-15)24(27)22-21(23(19)26)14-16-7-5-6-10-18(16)25(22)28-17-8-3-2-4-9-17/h2-14H,1H3. The van der Waals surface area contributed by atoms with Gasteiger partial charge in [-0.2, -0.15) is 0 Å². The van der Waals surface area contributed by atoms with Gasteiger partial charge in [-0.1, -0.05) is 60.2 Å². The summed E-state index contributed by atoms with van der Waals surface area (Å²) in [5.74, 6) is 0.736. The molecule has 0 saturated carbocycles. The Morgan fingerprint density at radius 3 is 2.25 bits per heavy atom. The summed E-state index contributed by atoms with van der Waals surface area (Å²) < 4.78 is 6.18. The first-order valence-corrected chi connectivity index (χ1v) is 9.12. The highest BCUT2D eigenvalue weighted by atomic mass is 16.5. The summed E-state index contributed by atoms with van der Waals surface area (Å²) in [6, 6.07) is 24.1. The number of ether oxygens (including phenoxy) is 1. The Morgan fingerprint density at radius 2 is 1.43 bits per heavy atom. The van der Waals surface area contributed by atoms with Gasteiger partial charge in [0.2, 0.25) is 0 Å². The van der Waals surface area contributed by atoms with Gasteiger partial charge in [-0.15, -0.1) is 0 Å². The van der Waals surface area contributed by atoms with Crippen molar-refractivity contribution in [3.8, 4) is 11.5 Å². The third-order valence-corrected chi connectivity index (χ3v) is 5.10. The second-order valence-electron chi connectivity index (χ2n) is 6.97. The van der Waals surface area contributed by atoms with E-state index in [-0.39, 0.29) is 11.6 Å². The number of benzene rings is 4. The minimum absolute atomic E-state index is 0.145. The number of para-hydroxylation sites is 1. The summed E-state index contributed by atoms with van der Waals surface area (Å²) in [6.45, 7) is 1.91. The van der Waals surface area contributed by atoms with Crippen LogP contribution in [0.15, 0.2) is 78.9 Å². The van der Waals surface area contributed by atoms with E-state index in [1.165, 1.54) is 0 Å². The Morgan fingerprint density at radius 1 is 0.679 bits per heavy atom. The molecule has 134 valence electrons. The molecular formula is C25H16O3. The van der Waals surface area contributed by atoms with Crippen molar-refractivity contribution >= 4 is 22.3 Å². The van der Waals surface area contributed by atoms with Gasteiger partial charge in [0.15, 0.2) is 11.6 Å². The maximum atomic E-state index is 13.4. The van der Waals surface area contributed by atoms with Crippen molar-refractivity contribution in [1.82, 2.24) is 0 Å². The van der Waals surface area contributed by atoms with Gasteiger partial charge in [0.1, 0.15) is 11.5 Å². The molecule has 28 heavy (non-hydrogen) atoms. The van der Waals surface area contributed by atoms with Crippen LogP contribution in [0.4, 0.5) is 0 Å². The number of carbonyl (C=O) groups excluding carboxylic acids is 2. The van der Waals surface area contributed by atoms with Crippen LogP contribution in [-0.2, 0) is 0 Å². The second-order valence-corrected chi connectivity index (χ2v) is 6.97. The summed E-state index contributed by atoms with van der Waals surface area (Å²) >= 11 is 0. The monoisotopic (exact) mass is 364 g/mol. The third-order valence-electron chi connectivity index (χ3n) is 5.10. The van der Waals surface area contributed by atoms with Crippen molar-refractivity contribution < 1.29 is 14.3 Å². The van der Waals surface area contributed by atoms with Crippen LogP contribution in [0.3, 0.4) is 0 Å². The summed E-state index contributed by atoms with van der Waals surface area (Å²) in [6.07, 6.45) is 0. The van der Waals surface area contributed by atoms with Crippen molar-refractivity contribution in [3.05, 3.63) is 107 Å². The molecule has 0 saturated heterocycles. The lowest BCUT2D eigenvalue weighted by Gasteiger charge is -2.22. The van der Waals surface area contributed by atoms with Gasteiger partial charge < -0.3 is 4.74 Å². The first kappa shape index (κ1) is 16.5. The average Bonchev–Trinajstić information content (AvgIpc) is 2.72. The molecule has 0 fully saturated rings. The van der Waals surface area contributed by atoms with Crippen molar-refractivity contribution in [1.29, 1.82) is 0 Å². The number of fused-ring (bicyclic) bond motifs is 3. The highest BCUT2D eigenvalue weighted by Gasteiger charge is 2.33. The summed E-state index contributed by atoms with van der Waals surface area (Å²) in [5, 5.41) is 1.67. The molecule has 4 aromatic rings. The van der Waals surface area contributed by atoms with Crippen molar-refractivity contribution in [3.63, 3.8) is 0 Å². The molecule has 0 heterocycles. The van der Waals surface area contributed by atoms with Crippen molar-refractivity contribution in [2.45, 2.75) is 6.92 Å². The molecule has 3 nitrogen and oxygen atoms in total. The predicted molar refractivity (Wildman–Crippen MR) is 109 cm³/mol. The van der Waals surface area contributed by atoms with E-state index in [0.29, 0.717) is 33.8 Å². The fraction of sp³-hybridized carbons (Fsp3) is 0.0400. The zero-order valence-corrected chi connectivity index (χ0v) is 15.2. The molecule has 4 aromatic carbocycles. The second kappa shape index (κ2) is 6.17. The molecule has 0 aromatic heterocycles. The zero-order chi connectivity index (χ0) is 19.3. The van der Waals surface area contributed by atoms with Crippen molar-refractivity contribution in [2.75, 3.05) is 0 Å². The molecule has 1 aliphatic rings.